The Morgan fingerprint density at radius 2 is 1.96 bits per heavy atom. The van der Waals surface area contributed by atoms with Crippen molar-refractivity contribution >= 4 is 17.7 Å². The van der Waals surface area contributed by atoms with E-state index in [0.717, 1.165) is 17.5 Å². The molecule has 1 heterocycles. The fraction of sp³-hybridized carbons (Fsp3) is 0.421. The van der Waals surface area contributed by atoms with E-state index in [2.05, 4.69) is 5.32 Å². The molecule has 1 atom stereocenters. The largest absolute Gasteiger partial charge is 0.329 e. The van der Waals surface area contributed by atoms with Crippen molar-refractivity contribution in [1.82, 2.24) is 10.2 Å². The Labute approximate surface area is 142 Å². The second-order valence-electron chi connectivity index (χ2n) is 6.21. The van der Waals surface area contributed by atoms with Gasteiger partial charge < -0.3 is 5.32 Å². The van der Waals surface area contributed by atoms with Gasteiger partial charge in [-0.15, -0.1) is 0 Å². The van der Waals surface area contributed by atoms with Gasteiger partial charge in [0, 0.05) is 17.7 Å². The number of aryl methyl sites for hydroxylation is 1. The highest BCUT2D eigenvalue weighted by Gasteiger charge is 2.39. The van der Waals surface area contributed by atoms with Crippen LogP contribution in [0.1, 0.15) is 57.2 Å². The molecule has 1 unspecified atom stereocenters. The van der Waals surface area contributed by atoms with Gasteiger partial charge in [-0.25, -0.2) is 4.79 Å². The third-order valence-electron chi connectivity index (χ3n) is 4.20. The average Bonchev–Trinajstić information content (AvgIpc) is 2.51. The number of nitrogens with zero attached hydrogens (tertiary/aromatic N) is 1. The van der Waals surface area contributed by atoms with Gasteiger partial charge in [-0.05, 0) is 32.8 Å². The topological polar surface area (TPSA) is 66.5 Å². The quantitative estimate of drug-likeness (QED) is 0.897. The number of hydrogen-bond donors (Lipinski definition) is 1. The minimum Gasteiger partial charge on any atom is -0.311 e. The maximum absolute atomic E-state index is 12.6. The number of unbranched alkanes of at least 4 members (excludes halogenated alkanes) is 1. The summed E-state index contributed by atoms with van der Waals surface area (Å²) in [5.74, 6) is -0.403. The van der Waals surface area contributed by atoms with Gasteiger partial charge in [-0.2, -0.15) is 0 Å². The van der Waals surface area contributed by atoms with Gasteiger partial charge in [0.15, 0.2) is 5.78 Å². The molecule has 1 aliphatic heterocycles. The summed E-state index contributed by atoms with van der Waals surface area (Å²) in [7, 11) is 0. The Morgan fingerprint density at radius 1 is 1.25 bits per heavy atom. The lowest BCUT2D eigenvalue weighted by molar-refractivity contribution is -0.130. The number of rotatable bonds is 5. The van der Waals surface area contributed by atoms with E-state index in [0.29, 0.717) is 17.7 Å². The molecule has 0 spiro atoms. The minimum absolute atomic E-state index is 0.146. The van der Waals surface area contributed by atoms with E-state index in [1.54, 1.807) is 6.92 Å². The fourth-order valence-electron chi connectivity index (χ4n) is 3.06. The SMILES string of the molecule is CCCCC(=O)N1C(=O)NC(C)=C(C(C)=O)C1c1cccc(C)c1. The van der Waals surface area contributed by atoms with Gasteiger partial charge in [-0.3, -0.25) is 14.5 Å². The zero-order valence-corrected chi connectivity index (χ0v) is 14.7. The Hall–Kier alpha value is -2.43. The van der Waals surface area contributed by atoms with Crippen LogP contribution in [0.4, 0.5) is 4.79 Å². The summed E-state index contributed by atoms with van der Waals surface area (Å²) in [5, 5.41) is 2.66. The van der Waals surface area contributed by atoms with Crippen LogP contribution in [0.25, 0.3) is 0 Å². The first kappa shape index (κ1) is 17.9. The second-order valence-corrected chi connectivity index (χ2v) is 6.21. The highest BCUT2D eigenvalue weighted by Crippen LogP contribution is 2.35. The number of carbonyl (C=O) groups excluding carboxylic acids is 3. The van der Waals surface area contributed by atoms with Gasteiger partial charge in [0.05, 0.1) is 6.04 Å². The van der Waals surface area contributed by atoms with Gasteiger partial charge in [0.2, 0.25) is 5.91 Å². The number of hydrogen-bond acceptors (Lipinski definition) is 3. The van der Waals surface area contributed by atoms with E-state index < -0.39 is 12.1 Å². The maximum atomic E-state index is 12.6. The molecule has 0 radical (unpaired) electrons. The molecule has 0 fully saturated rings. The number of imide groups is 1. The Morgan fingerprint density at radius 3 is 2.54 bits per heavy atom. The molecule has 0 aliphatic carbocycles. The van der Waals surface area contributed by atoms with Crippen molar-refractivity contribution in [1.29, 1.82) is 0 Å². The summed E-state index contributed by atoms with van der Waals surface area (Å²) < 4.78 is 0. The molecule has 0 saturated carbocycles. The van der Waals surface area contributed by atoms with E-state index in [-0.39, 0.29) is 18.1 Å². The van der Waals surface area contributed by atoms with E-state index in [1.807, 2.05) is 38.1 Å². The number of carbonyl (C=O) groups is 3. The first-order valence-corrected chi connectivity index (χ1v) is 8.28. The number of benzene rings is 1. The molecule has 5 heteroatoms. The van der Waals surface area contributed by atoms with Crippen molar-refractivity contribution < 1.29 is 14.4 Å². The summed E-state index contributed by atoms with van der Waals surface area (Å²) in [4.78, 5) is 38.6. The van der Waals surface area contributed by atoms with Crippen molar-refractivity contribution in [3.8, 4) is 0 Å². The van der Waals surface area contributed by atoms with E-state index >= 15 is 0 Å². The number of Topliss-reactive ketones (excluding diaryl/α,β-unsaturated/α-hetero) is 1. The molecule has 128 valence electrons. The first-order valence-electron chi connectivity index (χ1n) is 8.28. The third kappa shape index (κ3) is 3.55. The molecular formula is C19H24N2O3. The van der Waals surface area contributed by atoms with Crippen LogP contribution in [0.3, 0.4) is 0 Å². The third-order valence-corrected chi connectivity index (χ3v) is 4.20. The standard InChI is InChI=1S/C19H24N2O3/c1-5-6-10-16(23)21-18(15-9-7-8-12(2)11-15)17(14(4)22)13(3)20-19(21)24/h7-9,11,18H,5-6,10H2,1-4H3,(H,20,24). The molecular weight excluding hydrogens is 304 g/mol. The van der Waals surface area contributed by atoms with E-state index in [9.17, 15) is 14.4 Å². The number of urea groups is 1. The molecule has 24 heavy (non-hydrogen) atoms. The summed E-state index contributed by atoms with van der Waals surface area (Å²) in [6.45, 7) is 7.10. The van der Waals surface area contributed by atoms with Crippen LogP contribution < -0.4 is 5.32 Å². The van der Waals surface area contributed by atoms with Crippen LogP contribution in [0.5, 0.6) is 0 Å². The maximum Gasteiger partial charge on any atom is 0.329 e. The molecule has 2 rings (SSSR count). The molecule has 1 N–H and O–H groups in total. The molecule has 0 aromatic heterocycles. The summed E-state index contributed by atoms with van der Waals surface area (Å²) in [5.41, 5.74) is 2.77. The highest BCUT2D eigenvalue weighted by molar-refractivity contribution is 6.03. The molecule has 0 saturated heterocycles. The molecule has 0 bridgehead atoms. The lowest BCUT2D eigenvalue weighted by Gasteiger charge is -2.36. The minimum atomic E-state index is -0.666. The van der Waals surface area contributed by atoms with Gasteiger partial charge >= 0.3 is 6.03 Å². The number of ketones is 1. The lowest BCUT2D eigenvalue weighted by atomic mass is 9.90. The van der Waals surface area contributed by atoms with Crippen molar-refractivity contribution in [2.45, 2.75) is 53.0 Å². The predicted octanol–water partition coefficient (Wildman–Crippen LogP) is 3.64. The molecule has 1 aromatic carbocycles. The Balaban J connectivity index is 2.56. The second kappa shape index (κ2) is 7.43. The van der Waals surface area contributed by atoms with Crippen LogP contribution >= 0.6 is 0 Å². The Kier molecular flexibility index (Phi) is 5.54. The van der Waals surface area contributed by atoms with Crippen molar-refractivity contribution in [2.75, 3.05) is 0 Å². The number of amides is 3. The van der Waals surface area contributed by atoms with Crippen LogP contribution in [-0.2, 0) is 9.59 Å². The van der Waals surface area contributed by atoms with Gasteiger partial charge in [-0.1, -0.05) is 43.2 Å². The fourth-order valence-corrected chi connectivity index (χ4v) is 3.06. The number of nitrogens with one attached hydrogen (secondary N) is 1. The molecule has 1 aliphatic rings. The van der Waals surface area contributed by atoms with Crippen LogP contribution in [0, 0.1) is 6.92 Å². The highest BCUT2D eigenvalue weighted by atomic mass is 16.2. The van der Waals surface area contributed by atoms with Gasteiger partial charge in [0.25, 0.3) is 0 Å². The van der Waals surface area contributed by atoms with E-state index in [1.165, 1.54) is 11.8 Å². The predicted molar refractivity (Wildman–Crippen MR) is 92.2 cm³/mol. The van der Waals surface area contributed by atoms with E-state index in [4.69, 9.17) is 0 Å². The Bertz CT molecular complexity index is 706. The normalized spacial score (nSPS) is 17.8. The molecule has 5 nitrogen and oxygen atoms in total. The van der Waals surface area contributed by atoms with Crippen molar-refractivity contribution in [3.05, 3.63) is 46.7 Å². The summed E-state index contributed by atoms with van der Waals surface area (Å²) >= 11 is 0. The zero-order valence-electron chi connectivity index (χ0n) is 14.7. The van der Waals surface area contributed by atoms with Crippen molar-refractivity contribution in [2.24, 2.45) is 0 Å². The van der Waals surface area contributed by atoms with Gasteiger partial charge in [0.1, 0.15) is 0 Å². The van der Waals surface area contributed by atoms with Crippen LogP contribution in [-0.4, -0.2) is 22.6 Å². The van der Waals surface area contributed by atoms with Crippen LogP contribution in [0.15, 0.2) is 35.5 Å². The zero-order chi connectivity index (χ0) is 17.9. The molecule has 3 amide bonds. The number of allylic oxidation sites excluding steroid dienone is 1. The summed E-state index contributed by atoms with van der Waals surface area (Å²) in [6.07, 6.45) is 1.86. The van der Waals surface area contributed by atoms with Crippen LogP contribution in [0.2, 0.25) is 0 Å². The lowest BCUT2D eigenvalue weighted by Crippen LogP contribution is -2.50. The monoisotopic (exact) mass is 328 g/mol. The van der Waals surface area contributed by atoms with Crippen molar-refractivity contribution in [3.63, 3.8) is 0 Å². The molecule has 1 aromatic rings. The smallest absolute Gasteiger partial charge is 0.311 e. The summed E-state index contributed by atoms with van der Waals surface area (Å²) in [6, 6.07) is 6.45. The first-order chi connectivity index (χ1) is 11.4. The average molecular weight is 328 g/mol.